The molecule has 0 saturated carbocycles. The Morgan fingerprint density at radius 2 is 2.08 bits per heavy atom. The molecule has 12 heavy (non-hydrogen) atoms. The van der Waals surface area contributed by atoms with Crippen molar-refractivity contribution in [3.05, 3.63) is 24.3 Å². The minimum absolute atomic E-state index is 0.0829. The largest absolute Gasteiger partial charge is 0.457 e. The Morgan fingerprint density at radius 1 is 1.42 bits per heavy atom. The first kappa shape index (κ1) is 9.04. The van der Waals surface area contributed by atoms with Gasteiger partial charge >= 0.3 is 5.97 Å². The first-order valence-corrected chi connectivity index (χ1v) is 4.05. The van der Waals surface area contributed by atoms with Crippen LogP contribution in [0.4, 0.5) is 0 Å². The maximum absolute atomic E-state index is 10.7. The lowest BCUT2D eigenvalue weighted by Crippen LogP contribution is -2.31. The summed E-state index contributed by atoms with van der Waals surface area (Å²) in [6.07, 6.45) is 7.70. The number of hydrogen-bond acceptors (Lipinski definition) is 2. The summed E-state index contributed by atoms with van der Waals surface area (Å²) < 4.78 is 5.13. The first-order chi connectivity index (χ1) is 5.52. The minimum Gasteiger partial charge on any atom is -0.457 e. The summed E-state index contributed by atoms with van der Waals surface area (Å²) in [5.41, 5.74) is -0.0829. The van der Waals surface area contributed by atoms with E-state index in [1.165, 1.54) is 6.92 Å². The van der Waals surface area contributed by atoms with E-state index in [4.69, 9.17) is 4.74 Å². The van der Waals surface area contributed by atoms with Gasteiger partial charge in [-0.3, -0.25) is 4.79 Å². The zero-order valence-corrected chi connectivity index (χ0v) is 7.70. The zero-order valence-electron chi connectivity index (χ0n) is 7.70. The third-order valence-corrected chi connectivity index (χ3v) is 1.95. The third-order valence-electron chi connectivity index (χ3n) is 1.95. The van der Waals surface area contributed by atoms with Gasteiger partial charge in [0.1, 0.15) is 6.10 Å². The normalized spacial score (nSPS) is 25.4. The van der Waals surface area contributed by atoms with Crippen molar-refractivity contribution in [1.82, 2.24) is 0 Å². The molecular formula is C10H14O2. The Balaban J connectivity index is 2.70. The molecule has 1 aliphatic rings. The number of allylic oxidation sites excluding steroid dienone is 2. The summed E-state index contributed by atoms with van der Waals surface area (Å²) in [4.78, 5) is 10.7. The molecule has 0 aliphatic heterocycles. The van der Waals surface area contributed by atoms with Crippen molar-refractivity contribution in [2.45, 2.75) is 26.9 Å². The van der Waals surface area contributed by atoms with E-state index >= 15 is 0 Å². The fourth-order valence-electron chi connectivity index (χ4n) is 1.18. The lowest BCUT2D eigenvalue weighted by Gasteiger charge is -2.30. The van der Waals surface area contributed by atoms with Crippen LogP contribution < -0.4 is 0 Å². The summed E-state index contributed by atoms with van der Waals surface area (Å²) >= 11 is 0. The molecule has 1 unspecified atom stereocenters. The molecule has 2 nitrogen and oxygen atoms in total. The smallest absolute Gasteiger partial charge is 0.303 e. The van der Waals surface area contributed by atoms with E-state index in [2.05, 4.69) is 0 Å². The standard InChI is InChI=1S/C10H14O2/c1-8(11)12-9-6-4-5-7-10(9,2)3/h4-7,9H,1-3H3. The molecule has 0 bridgehead atoms. The average molecular weight is 166 g/mol. The second kappa shape index (κ2) is 3.13. The van der Waals surface area contributed by atoms with Gasteiger partial charge in [-0.2, -0.15) is 0 Å². The summed E-state index contributed by atoms with van der Waals surface area (Å²) in [6, 6.07) is 0. The van der Waals surface area contributed by atoms with Crippen LogP contribution >= 0.6 is 0 Å². The molecule has 0 amide bonds. The second-order valence-electron chi connectivity index (χ2n) is 3.60. The number of esters is 1. The van der Waals surface area contributed by atoms with Gasteiger partial charge in [0.2, 0.25) is 0 Å². The highest BCUT2D eigenvalue weighted by molar-refractivity contribution is 5.66. The van der Waals surface area contributed by atoms with Crippen LogP contribution in [0.25, 0.3) is 0 Å². The Hall–Kier alpha value is -1.05. The van der Waals surface area contributed by atoms with E-state index in [9.17, 15) is 4.79 Å². The van der Waals surface area contributed by atoms with E-state index in [1.807, 2.05) is 38.2 Å². The number of hydrogen-bond donors (Lipinski definition) is 0. The van der Waals surface area contributed by atoms with Gasteiger partial charge in [0, 0.05) is 12.3 Å². The molecule has 0 aromatic rings. The van der Waals surface area contributed by atoms with Crippen molar-refractivity contribution >= 4 is 5.97 Å². The van der Waals surface area contributed by atoms with E-state index < -0.39 is 0 Å². The molecule has 0 spiro atoms. The van der Waals surface area contributed by atoms with Crippen LogP contribution in [-0.2, 0) is 9.53 Å². The first-order valence-electron chi connectivity index (χ1n) is 4.05. The Labute approximate surface area is 72.9 Å². The average Bonchev–Trinajstić information content (AvgIpc) is 1.92. The summed E-state index contributed by atoms with van der Waals surface area (Å²) in [6.45, 7) is 5.52. The van der Waals surface area contributed by atoms with Crippen molar-refractivity contribution < 1.29 is 9.53 Å². The highest BCUT2D eigenvalue weighted by atomic mass is 16.5. The highest BCUT2D eigenvalue weighted by Crippen LogP contribution is 2.28. The number of carbonyl (C=O) groups excluding carboxylic acids is 1. The van der Waals surface area contributed by atoms with E-state index in [0.717, 1.165) is 0 Å². The maximum atomic E-state index is 10.7. The van der Waals surface area contributed by atoms with Crippen molar-refractivity contribution in [2.24, 2.45) is 5.41 Å². The molecule has 0 saturated heterocycles. The Kier molecular flexibility index (Phi) is 2.36. The SMILES string of the molecule is CC(=O)OC1C=CC=CC1(C)C. The minimum atomic E-state index is -0.229. The maximum Gasteiger partial charge on any atom is 0.303 e. The number of rotatable bonds is 1. The molecule has 0 heterocycles. The van der Waals surface area contributed by atoms with Gasteiger partial charge in [-0.15, -0.1) is 0 Å². The molecule has 0 N–H and O–H groups in total. The van der Waals surface area contributed by atoms with Crippen LogP contribution in [0.15, 0.2) is 24.3 Å². The van der Waals surface area contributed by atoms with Gasteiger partial charge in [-0.25, -0.2) is 0 Å². The van der Waals surface area contributed by atoms with E-state index in [0.29, 0.717) is 0 Å². The topological polar surface area (TPSA) is 26.3 Å². The lowest BCUT2D eigenvalue weighted by molar-refractivity contribution is -0.147. The van der Waals surface area contributed by atoms with Crippen LogP contribution in [0.5, 0.6) is 0 Å². The number of carbonyl (C=O) groups is 1. The van der Waals surface area contributed by atoms with Crippen molar-refractivity contribution in [3.63, 3.8) is 0 Å². The predicted octanol–water partition coefficient (Wildman–Crippen LogP) is 2.07. The van der Waals surface area contributed by atoms with Gasteiger partial charge in [0.15, 0.2) is 0 Å². The molecule has 0 radical (unpaired) electrons. The van der Waals surface area contributed by atoms with E-state index in [-0.39, 0.29) is 17.5 Å². The van der Waals surface area contributed by atoms with Crippen molar-refractivity contribution in [1.29, 1.82) is 0 Å². The molecule has 1 aliphatic carbocycles. The highest BCUT2D eigenvalue weighted by Gasteiger charge is 2.28. The van der Waals surface area contributed by atoms with Crippen molar-refractivity contribution in [3.8, 4) is 0 Å². The van der Waals surface area contributed by atoms with Gasteiger partial charge in [0.05, 0.1) is 0 Å². The van der Waals surface area contributed by atoms with Crippen LogP contribution in [0.3, 0.4) is 0 Å². The van der Waals surface area contributed by atoms with Gasteiger partial charge in [-0.05, 0) is 6.08 Å². The molecule has 0 aromatic carbocycles. The quantitative estimate of drug-likeness (QED) is 0.557. The molecule has 66 valence electrons. The molecule has 2 heteroatoms. The fourth-order valence-corrected chi connectivity index (χ4v) is 1.18. The summed E-state index contributed by atoms with van der Waals surface area (Å²) in [7, 11) is 0. The second-order valence-corrected chi connectivity index (χ2v) is 3.60. The van der Waals surface area contributed by atoms with E-state index in [1.54, 1.807) is 0 Å². The summed E-state index contributed by atoms with van der Waals surface area (Å²) in [5, 5.41) is 0. The molecule has 0 fully saturated rings. The van der Waals surface area contributed by atoms with Crippen LogP contribution in [0, 0.1) is 5.41 Å². The third kappa shape index (κ3) is 1.97. The molecular weight excluding hydrogens is 152 g/mol. The van der Waals surface area contributed by atoms with Gasteiger partial charge in [-0.1, -0.05) is 32.1 Å². The van der Waals surface area contributed by atoms with Crippen LogP contribution in [0.2, 0.25) is 0 Å². The monoisotopic (exact) mass is 166 g/mol. The van der Waals surface area contributed by atoms with Crippen LogP contribution in [0.1, 0.15) is 20.8 Å². The molecule has 0 aromatic heterocycles. The number of ether oxygens (including phenoxy) is 1. The molecule has 1 atom stereocenters. The van der Waals surface area contributed by atoms with Gasteiger partial charge in [0.25, 0.3) is 0 Å². The Morgan fingerprint density at radius 3 is 2.58 bits per heavy atom. The lowest BCUT2D eigenvalue weighted by atomic mass is 9.83. The zero-order chi connectivity index (χ0) is 9.19. The van der Waals surface area contributed by atoms with Gasteiger partial charge < -0.3 is 4.74 Å². The molecule has 1 rings (SSSR count). The summed E-state index contributed by atoms with van der Waals surface area (Å²) in [5.74, 6) is -0.229. The van der Waals surface area contributed by atoms with Crippen LogP contribution in [-0.4, -0.2) is 12.1 Å². The van der Waals surface area contributed by atoms with Crippen molar-refractivity contribution in [2.75, 3.05) is 0 Å². The fraction of sp³-hybridized carbons (Fsp3) is 0.500. The Bertz CT molecular complexity index is 236. The predicted molar refractivity (Wildman–Crippen MR) is 47.6 cm³/mol.